The zero-order valence-corrected chi connectivity index (χ0v) is 25.4. The van der Waals surface area contributed by atoms with Gasteiger partial charge in [-0.3, -0.25) is 0 Å². The Bertz CT molecular complexity index is 1940. The normalized spacial score (nSPS) is 11.5. The summed E-state index contributed by atoms with van der Waals surface area (Å²) in [5.41, 5.74) is 4.53. The van der Waals surface area contributed by atoms with E-state index in [9.17, 15) is 30.6 Å². The Hall–Kier alpha value is -7.28. The molecule has 0 aliphatic heterocycles. The lowest BCUT2D eigenvalue weighted by molar-refractivity contribution is 0.450. The monoisotopic (exact) mass is 653 g/mol. The van der Waals surface area contributed by atoms with Crippen molar-refractivity contribution < 1.29 is 30.6 Å². The number of hydrogen-bond acceptors (Lipinski definition) is 13. The molecule has 0 unspecified atom stereocenters. The highest BCUT2D eigenvalue weighted by Gasteiger charge is 2.13. The van der Waals surface area contributed by atoms with Crippen LogP contribution in [-0.4, -0.2) is 30.6 Å². The van der Waals surface area contributed by atoms with Crippen molar-refractivity contribution in [2.24, 2.45) is 30.7 Å². The van der Waals surface area contributed by atoms with E-state index in [4.69, 9.17) is 0 Å². The van der Waals surface area contributed by atoms with E-state index in [0.29, 0.717) is 17.1 Å². The number of aromatic hydroxyl groups is 6. The van der Waals surface area contributed by atoms with Crippen LogP contribution in [0.2, 0.25) is 0 Å². The molecule has 13 heteroatoms. The van der Waals surface area contributed by atoms with Crippen LogP contribution in [0.25, 0.3) is 0 Å². The lowest BCUT2D eigenvalue weighted by Crippen LogP contribution is -2.09. The SMILES string of the molecule is Oc1ccc(/N=N/c2ccc(N(c3ccc(/N=N/c4ccc(O)cc4O)cc3)c3ccc(/N=N/c4ccc(O)cc4O)cc3)cc2)c(O)c1. The highest BCUT2D eigenvalue weighted by atomic mass is 16.3. The molecule has 0 spiro atoms. The van der Waals surface area contributed by atoms with Gasteiger partial charge in [-0.05, 0) is 109 Å². The Balaban J connectivity index is 1.29. The minimum Gasteiger partial charge on any atom is -0.508 e. The Morgan fingerprint density at radius 1 is 0.306 bits per heavy atom. The third-order valence-electron chi connectivity index (χ3n) is 7.02. The van der Waals surface area contributed by atoms with Crippen molar-refractivity contribution in [3.63, 3.8) is 0 Å². The van der Waals surface area contributed by atoms with E-state index in [1.165, 1.54) is 54.6 Å². The number of azo groups is 3. The lowest BCUT2D eigenvalue weighted by atomic mass is 10.1. The van der Waals surface area contributed by atoms with Crippen LogP contribution in [0.15, 0.2) is 158 Å². The predicted octanol–water partition coefficient (Wildman–Crippen LogP) is 10.6. The first-order valence-electron chi connectivity index (χ1n) is 14.6. The average Bonchev–Trinajstić information content (AvgIpc) is 3.09. The minimum absolute atomic E-state index is 0.0821. The number of phenols is 6. The topological polar surface area (TPSA) is 199 Å². The van der Waals surface area contributed by atoms with Crippen LogP contribution in [0, 0.1) is 0 Å². The van der Waals surface area contributed by atoms with Gasteiger partial charge in [-0.15, -0.1) is 15.3 Å². The van der Waals surface area contributed by atoms with E-state index in [1.54, 1.807) is 36.4 Å². The summed E-state index contributed by atoms with van der Waals surface area (Å²) in [6.45, 7) is 0. The number of anilines is 3. The van der Waals surface area contributed by atoms with Gasteiger partial charge in [0, 0.05) is 35.3 Å². The molecular weight excluding hydrogens is 626 g/mol. The molecule has 6 aromatic carbocycles. The fraction of sp³-hybridized carbons (Fsp3) is 0. The van der Waals surface area contributed by atoms with Crippen molar-refractivity contribution in [3.8, 4) is 34.5 Å². The second-order valence-electron chi connectivity index (χ2n) is 10.5. The van der Waals surface area contributed by atoms with E-state index in [-0.39, 0.29) is 51.6 Å². The number of hydrogen-bond donors (Lipinski definition) is 6. The number of rotatable bonds is 9. The van der Waals surface area contributed by atoms with Gasteiger partial charge in [0.2, 0.25) is 0 Å². The number of benzene rings is 6. The maximum atomic E-state index is 10.0. The molecule has 0 aromatic heterocycles. The van der Waals surface area contributed by atoms with Gasteiger partial charge in [-0.25, -0.2) is 0 Å². The Morgan fingerprint density at radius 2 is 0.571 bits per heavy atom. The van der Waals surface area contributed by atoms with E-state index in [1.807, 2.05) is 41.3 Å². The maximum absolute atomic E-state index is 10.0. The summed E-state index contributed by atoms with van der Waals surface area (Å²) in [6, 6.07) is 33.9. The lowest BCUT2D eigenvalue weighted by Gasteiger charge is -2.25. The van der Waals surface area contributed by atoms with Crippen LogP contribution in [0.1, 0.15) is 0 Å². The van der Waals surface area contributed by atoms with Gasteiger partial charge in [0.05, 0.1) is 17.1 Å². The van der Waals surface area contributed by atoms with Crippen LogP contribution in [0.3, 0.4) is 0 Å². The molecule has 0 amide bonds. The number of nitrogens with zero attached hydrogens (tertiary/aromatic N) is 7. The summed E-state index contributed by atoms with van der Waals surface area (Å²) in [5, 5.41) is 83.5. The summed E-state index contributed by atoms with van der Waals surface area (Å²) in [7, 11) is 0. The molecule has 0 atom stereocenters. The summed E-state index contributed by atoms with van der Waals surface area (Å²) in [5.74, 6) is -0.837. The van der Waals surface area contributed by atoms with Crippen molar-refractivity contribution in [3.05, 3.63) is 127 Å². The van der Waals surface area contributed by atoms with Crippen molar-refractivity contribution in [2.45, 2.75) is 0 Å². The fourth-order valence-electron chi connectivity index (χ4n) is 4.58. The molecule has 0 radical (unpaired) electrons. The zero-order valence-electron chi connectivity index (χ0n) is 25.4. The molecule has 0 saturated carbocycles. The molecule has 6 rings (SSSR count). The van der Waals surface area contributed by atoms with Crippen LogP contribution in [0.5, 0.6) is 34.5 Å². The first-order valence-corrected chi connectivity index (χ1v) is 14.6. The van der Waals surface area contributed by atoms with Gasteiger partial charge in [0.25, 0.3) is 0 Å². The summed E-state index contributed by atoms with van der Waals surface area (Å²) in [6.07, 6.45) is 0. The predicted molar refractivity (Wildman–Crippen MR) is 183 cm³/mol. The molecule has 0 aliphatic carbocycles. The smallest absolute Gasteiger partial charge is 0.146 e. The first-order chi connectivity index (χ1) is 23.7. The van der Waals surface area contributed by atoms with Crippen molar-refractivity contribution in [2.75, 3.05) is 4.90 Å². The van der Waals surface area contributed by atoms with Gasteiger partial charge in [0.15, 0.2) is 0 Å². The van der Waals surface area contributed by atoms with E-state index in [0.717, 1.165) is 17.1 Å². The largest absolute Gasteiger partial charge is 0.508 e. The Kier molecular flexibility index (Phi) is 9.06. The van der Waals surface area contributed by atoms with Crippen LogP contribution < -0.4 is 4.90 Å². The first kappa shape index (κ1) is 31.7. The quantitative estimate of drug-likeness (QED) is 0.0833. The van der Waals surface area contributed by atoms with Gasteiger partial charge in [-0.1, -0.05) is 0 Å². The molecular formula is C36H27N7O6. The van der Waals surface area contributed by atoms with Crippen molar-refractivity contribution >= 4 is 51.2 Å². The average molecular weight is 654 g/mol. The summed E-state index contributed by atoms with van der Waals surface area (Å²) >= 11 is 0. The summed E-state index contributed by atoms with van der Waals surface area (Å²) in [4.78, 5) is 1.98. The molecule has 13 nitrogen and oxygen atoms in total. The van der Waals surface area contributed by atoms with Gasteiger partial charge in [0.1, 0.15) is 51.6 Å². The molecule has 0 aliphatic rings. The van der Waals surface area contributed by atoms with Crippen LogP contribution >= 0.6 is 0 Å². The molecule has 49 heavy (non-hydrogen) atoms. The zero-order chi connectivity index (χ0) is 34.3. The second kappa shape index (κ2) is 14.0. The third-order valence-corrected chi connectivity index (χ3v) is 7.02. The Labute approximate surface area is 279 Å². The van der Waals surface area contributed by atoms with E-state index in [2.05, 4.69) is 30.7 Å². The van der Waals surface area contributed by atoms with Crippen molar-refractivity contribution in [1.82, 2.24) is 0 Å². The summed E-state index contributed by atoms with van der Waals surface area (Å²) < 4.78 is 0. The van der Waals surface area contributed by atoms with Gasteiger partial charge in [-0.2, -0.15) is 15.3 Å². The van der Waals surface area contributed by atoms with Crippen LogP contribution in [-0.2, 0) is 0 Å². The minimum atomic E-state index is -0.197. The molecule has 0 saturated heterocycles. The Morgan fingerprint density at radius 3 is 0.816 bits per heavy atom. The molecule has 0 bridgehead atoms. The number of phenolic OH excluding ortho intramolecular Hbond substituents is 6. The molecule has 242 valence electrons. The van der Waals surface area contributed by atoms with Crippen molar-refractivity contribution in [1.29, 1.82) is 0 Å². The van der Waals surface area contributed by atoms with Gasteiger partial charge < -0.3 is 35.5 Å². The molecule has 6 N–H and O–H groups in total. The van der Waals surface area contributed by atoms with Crippen LogP contribution in [0.4, 0.5) is 51.2 Å². The van der Waals surface area contributed by atoms with E-state index >= 15 is 0 Å². The van der Waals surface area contributed by atoms with E-state index < -0.39 is 0 Å². The van der Waals surface area contributed by atoms with Gasteiger partial charge >= 0.3 is 0 Å². The highest BCUT2D eigenvalue weighted by Crippen LogP contribution is 2.39. The fourth-order valence-corrected chi connectivity index (χ4v) is 4.58. The third kappa shape index (κ3) is 7.76. The second-order valence-corrected chi connectivity index (χ2v) is 10.5. The highest BCUT2D eigenvalue weighted by molar-refractivity contribution is 5.78. The maximum Gasteiger partial charge on any atom is 0.146 e. The molecule has 6 aromatic rings. The standard InChI is InChI=1S/C36H27N7O6/c44-28-13-16-31(34(47)19-28)40-37-22-1-7-25(8-2-22)43(26-9-3-23(4-10-26)38-41-32-17-14-29(45)20-35(32)48)27-11-5-24(6-12-27)39-42-33-18-15-30(46)21-36(33)49/h1-21,44-49H/b40-37+,41-38+,42-39+. The molecule has 0 fully saturated rings. The molecule has 0 heterocycles.